The Kier molecular flexibility index (Phi) is 7.52. The number of piperidine rings is 1. The van der Waals surface area contributed by atoms with Gasteiger partial charge in [0.2, 0.25) is 0 Å². The predicted octanol–water partition coefficient (Wildman–Crippen LogP) is 2.74. The van der Waals surface area contributed by atoms with E-state index < -0.39 is 0 Å². The highest BCUT2D eigenvalue weighted by Crippen LogP contribution is 2.27. The molecule has 7 heteroatoms. The lowest BCUT2D eigenvalue weighted by Crippen LogP contribution is -2.45. The number of ether oxygens (including phenoxy) is 3. The van der Waals surface area contributed by atoms with Crippen molar-refractivity contribution in [3.63, 3.8) is 0 Å². The molecule has 1 fully saturated rings. The van der Waals surface area contributed by atoms with E-state index in [1.165, 1.54) is 12.7 Å². The van der Waals surface area contributed by atoms with Gasteiger partial charge < -0.3 is 19.5 Å². The molecule has 2 aromatic rings. The van der Waals surface area contributed by atoms with Crippen molar-refractivity contribution in [1.82, 2.24) is 10.2 Å². The summed E-state index contributed by atoms with van der Waals surface area (Å²) in [5.41, 5.74) is 1.65. The van der Waals surface area contributed by atoms with E-state index in [9.17, 15) is 4.79 Å². The zero-order valence-electron chi connectivity index (χ0n) is 17.4. The fraction of sp³-hybridized carbons (Fsp3) is 0.391. The van der Waals surface area contributed by atoms with Gasteiger partial charge in [-0.2, -0.15) is 5.26 Å². The molecule has 1 amide bonds. The third kappa shape index (κ3) is 5.65. The van der Waals surface area contributed by atoms with E-state index >= 15 is 0 Å². The Morgan fingerprint density at radius 2 is 1.83 bits per heavy atom. The van der Waals surface area contributed by atoms with Gasteiger partial charge in [0.05, 0.1) is 25.9 Å². The first-order valence-corrected chi connectivity index (χ1v) is 9.97. The molecular weight excluding hydrogens is 382 g/mol. The summed E-state index contributed by atoms with van der Waals surface area (Å²) in [6, 6.07) is 15.1. The highest BCUT2D eigenvalue weighted by molar-refractivity contribution is 5.78. The second-order valence-corrected chi connectivity index (χ2v) is 7.20. The van der Waals surface area contributed by atoms with Gasteiger partial charge in [0, 0.05) is 37.3 Å². The Hall–Kier alpha value is -3.24. The number of nitriles is 1. The molecule has 0 unspecified atom stereocenters. The van der Waals surface area contributed by atoms with Crippen LogP contribution in [0.5, 0.6) is 17.2 Å². The molecule has 1 aliphatic rings. The summed E-state index contributed by atoms with van der Waals surface area (Å²) in [5.74, 6) is 1.62. The lowest BCUT2D eigenvalue weighted by Gasteiger charge is -2.32. The second kappa shape index (κ2) is 10.5. The molecule has 2 aromatic carbocycles. The van der Waals surface area contributed by atoms with E-state index in [0.29, 0.717) is 17.1 Å². The topological polar surface area (TPSA) is 83.8 Å². The van der Waals surface area contributed by atoms with Crippen LogP contribution in [0.4, 0.5) is 0 Å². The number of amides is 1. The average molecular weight is 409 g/mol. The van der Waals surface area contributed by atoms with Crippen LogP contribution in [-0.4, -0.2) is 50.8 Å². The van der Waals surface area contributed by atoms with E-state index in [0.717, 1.165) is 38.2 Å². The van der Waals surface area contributed by atoms with Crippen LogP contribution in [0.25, 0.3) is 0 Å². The molecular formula is C23H27N3O4. The number of carbonyl (C=O) groups excluding carboxylic acids is 1. The van der Waals surface area contributed by atoms with Crippen molar-refractivity contribution in [1.29, 1.82) is 5.26 Å². The molecule has 7 nitrogen and oxygen atoms in total. The van der Waals surface area contributed by atoms with E-state index in [4.69, 9.17) is 19.5 Å². The Labute approximate surface area is 177 Å². The number of likely N-dealkylation sites (tertiary alicyclic amines) is 1. The van der Waals surface area contributed by atoms with Gasteiger partial charge in [0.25, 0.3) is 5.91 Å². The molecule has 0 radical (unpaired) electrons. The molecule has 1 aliphatic heterocycles. The van der Waals surface area contributed by atoms with E-state index in [-0.39, 0.29) is 18.6 Å². The number of hydrogen-bond acceptors (Lipinski definition) is 6. The summed E-state index contributed by atoms with van der Waals surface area (Å²) in [5, 5.41) is 12.0. The molecule has 1 heterocycles. The SMILES string of the molecule is COc1ccccc1CN1CCC(NC(=O)COc2ccc(C#N)cc2OC)CC1. The molecule has 158 valence electrons. The standard InChI is InChI=1S/C23H27N3O4/c1-28-20-6-4-3-5-18(20)15-26-11-9-19(10-12-26)25-23(27)16-30-21-8-7-17(14-24)13-22(21)29-2/h3-8,13,19H,9-12,15-16H2,1-2H3,(H,25,27). The average Bonchev–Trinajstić information content (AvgIpc) is 2.79. The number of hydrogen-bond donors (Lipinski definition) is 1. The summed E-state index contributed by atoms with van der Waals surface area (Å²) in [7, 11) is 3.19. The number of rotatable bonds is 8. The number of para-hydroxylation sites is 1. The summed E-state index contributed by atoms with van der Waals surface area (Å²) in [4.78, 5) is 14.7. The van der Waals surface area contributed by atoms with Crippen LogP contribution < -0.4 is 19.5 Å². The van der Waals surface area contributed by atoms with Crippen LogP contribution in [0.1, 0.15) is 24.0 Å². The quantitative estimate of drug-likeness (QED) is 0.722. The van der Waals surface area contributed by atoms with Gasteiger partial charge in [-0.25, -0.2) is 0 Å². The summed E-state index contributed by atoms with van der Waals surface area (Å²) >= 11 is 0. The lowest BCUT2D eigenvalue weighted by molar-refractivity contribution is -0.124. The fourth-order valence-electron chi connectivity index (χ4n) is 3.58. The highest BCUT2D eigenvalue weighted by atomic mass is 16.5. The molecule has 1 saturated heterocycles. The molecule has 0 spiro atoms. The van der Waals surface area contributed by atoms with E-state index in [2.05, 4.69) is 16.3 Å². The van der Waals surface area contributed by atoms with Gasteiger partial charge in [0.1, 0.15) is 5.75 Å². The summed E-state index contributed by atoms with van der Waals surface area (Å²) < 4.78 is 16.2. The van der Waals surface area contributed by atoms with Crippen molar-refractivity contribution in [2.24, 2.45) is 0 Å². The smallest absolute Gasteiger partial charge is 0.258 e. The Morgan fingerprint density at radius 1 is 1.10 bits per heavy atom. The van der Waals surface area contributed by atoms with Crippen LogP contribution in [0.3, 0.4) is 0 Å². The van der Waals surface area contributed by atoms with Crippen LogP contribution in [0, 0.1) is 11.3 Å². The molecule has 0 atom stereocenters. The van der Waals surface area contributed by atoms with Gasteiger partial charge in [-0.15, -0.1) is 0 Å². The minimum absolute atomic E-state index is 0.0936. The maximum atomic E-state index is 12.3. The second-order valence-electron chi connectivity index (χ2n) is 7.20. The third-order valence-electron chi connectivity index (χ3n) is 5.19. The molecule has 1 N–H and O–H groups in total. The first kappa shape index (κ1) is 21.5. The zero-order valence-corrected chi connectivity index (χ0v) is 17.4. The monoisotopic (exact) mass is 409 g/mol. The van der Waals surface area contributed by atoms with Crippen molar-refractivity contribution in [2.75, 3.05) is 33.9 Å². The summed E-state index contributed by atoms with van der Waals surface area (Å²) in [6.07, 6.45) is 1.78. The van der Waals surface area contributed by atoms with E-state index in [1.807, 2.05) is 24.3 Å². The highest BCUT2D eigenvalue weighted by Gasteiger charge is 2.21. The van der Waals surface area contributed by atoms with Gasteiger partial charge in [-0.3, -0.25) is 9.69 Å². The number of carbonyl (C=O) groups is 1. The van der Waals surface area contributed by atoms with Crippen molar-refractivity contribution in [3.05, 3.63) is 53.6 Å². The predicted molar refractivity (Wildman–Crippen MR) is 113 cm³/mol. The van der Waals surface area contributed by atoms with Gasteiger partial charge in [-0.1, -0.05) is 18.2 Å². The third-order valence-corrected chi connectivity index (χ3v) is 5.19. The van der Waals surface area contributed by atoms with Gasteiger partial charge >= 0.3 is 0 Å². The van der Waals surface area contributed by atoms with Crippen molar-refractivity contribution in [2.45, 2.75) is 25.4 Å². The zero-order chi connectivity index (χ0) is 21.3. The molecule has 0 saturated carbocycles. The normalized spacial score (nSPS) is 14.6. The van der Waals surface area contributed by atoms with E-state index in [1.54, 1.807) is 25.3 Å². The largest absolute Gasteiger partial charge is 0.496 e. The van der Waals surface area contributed by atoms with Crippen LogP contribution >= 0.6 is 0 Å². The molecule has 3 rings (SSSR count). The van der Waals surface area contributed by atoms with Gasteiger partial charge in [-0.05, 0) is 31.0 Å². The number of nitrogens with one attached hydrogen (secondary N) is 1. The number of methoxy groups -OCH3 is 2. The van der Waals surface area contributed by atoms with Crippen LogP contribution in [-0.2, 0) is 11.3 Å². The number of benzene rings is 2. The Bertz CT molecular complexity index is 902. The molecule has 0 aromatic heterocycles. The lowest BCUT2D eigenvalue weighted by atomic mass is 10.0. The van der Waals surface area contributed by atoms with Crippen LogP contribution in [0.2, 0.25) is 0 Å². The fourth-order valence-corrected chi connectivity index (χ4v) is 3.58. The minimum Gasteiger partial charge on any atom is -0.496 e. The van der Waals surface area contributed by atoms with Crippen molar-refractivity contribution in [3.8, 4) is 23.3 Å². The summed E-state index contributed by atoms with van der Waals surface area (Å²) in [6.45, 7) is 2.57. The molecule has 0 bridgehead atoms. The van der Waals surface area contributed by atoms with Crippen molar-refractivity contribution >= 4 is 5.91 Å². The maximum absolute atomic E-state index is 12.3. The van der Waals surface area contributed by atoms with Crippen LogP contribution in [0.15, 0.2) is 42.5 Å². The van der Waals surface area contributed by atoms with Crippen molar-refractivity contribution < 1.29 is 19.0 Å². The molecule has 0 aliphatic carbocycles. The first-order chi connectivity index (χ1) is 14.6. The Balaban J connectivity index is 1.44. The first-order valence-electron chi connectivity index (χ1n) is 9.97. The Morgan fingerprint density at radius 3 is 2.53 bits per heavy atom. The number of nitrogens with zero attached hydrogens (tertiary/aromatic N) is 2. The maximum Gasteiger partial charge on any atom is 0.258 e. The minimum atomic E-state index is -0.162. The molecule has 30 heavy (non-hydrogen) atoms. The van der Waals surface area contributed by atoms with Gasteiger partial charge in [0.15, 0.2) is 18.1 Å².